The average molecular weight is 262 g/mol. The highest BCUT2D eigenvalue weighted by molar-refractivity contribution is 9.24. The summed E-state index contributed by atoms with van der Waals surface area (Å²) >= 11 is 6.05. The lowest BCUT2D eigenvalue weighted by atomic mass is 10.5. The molecule has 0 unspecified atom stereocenters. The Morgan fingerprint density at radius 1 is 1.22 bits per heavy atom. The van der Waals surface area contributed by atoms with Gasteiger partial charge in [-0.3, -0.25) is 0 Å². The van der Waals surface area contributed by atoms with Crippen molar-refractivity contribution in [3.8, 4) is 0 Å². The van der Waals surface area contributed by atoms with Crippen LogP contribution in [0.4, 0.5) is 0 Å². The molecule has 5 heteroatoms. The molecule has 54 valence electrons. The number of allylic oxidation sites excluding steroid dienone is 1. The third kappa shape index (κ3) is 8.58. The zero-order valence-corrected chi connectivity index (χ0v) is 7.50. The predicted octanol–water partition coefficient (Wildman–Crippen LogP) is 0.289. The van der Waals surface area contributed by atoms with Gasteiger partial charge in [0.2, 0.25) is 0 Å². The summed E-state index contributed by atoms with van der Waals surface area (Å²) in [5.74, 6) is -2.71. The summed E-state index contributed by atoms with van der Waals surface area (Å²) in [6.07, 6.45) is 2.17. The molecule has 0 aliphatic heterocycles. The largest absolute Gasteiger partial charge is 0.340 e. The van der Waals surface area contributed by atoms with Gasteiger partial charge in [0.05, 0.1) is 3.74 Å². The number of halogens is 2. The lowest BCUT2D eigenvalue weighted by Gasteiger charge is -2.06. The first-order valence-electron chi connectivity index (χ1n) is 2.06. The van der Waals surface area contributed by atoms with Gasteiger partial charge in [-0.25, -0.2) is 0 Å². The quantitative estimate of drug-likeness (QED) is 0.381. The summed E-state index contributed by atoms with van der Waals surface area (Å²) in [4.78, 5) is 0. The molecular formula is C4H6Br2O3. The second-order valence-electron chi connectivity index (χ2n) is 1.38. The molecule has 0 aromatic heterocycles. The van der Waals surface area contributed by atoms with E-state index in [9.17, 15) is 0 Å². The molecule has 0 fully saturated rings. The molecule has 0 spiro atoms. The second-order valence-corrected chi connectivity index (χ2v) is 4.58. The van der Waals surface area contributed by atoms with Crippen molar-refractivity contribution in [3.05, 3.63) is 12.2 Å². The Kier molecular flexibility index (Phi) is 3.91. The number of rotatable bonds is 2. The lowest BCUT2D eigenvalue weighted by Crippen LogP contribution is -2.23. The summed E-state index contributed by atoms with van der Waals surface area (Å²) in [6, 6.07) is 0. The van der Waals surface area contributed by atoms with Gasteiger partial charge >= 0.3 is 0 Å². The molecule has 0 aliphatic carbocycles. The highest BCUT2D eigenvalue weighted by atomic mass is 79.9. The first-order valence-corrected chi connectivity index (χ1v) is 3.89. The van der Waals surface area contributed by atoms with Crippen LogP contribution in [-0.2, 0) is 0 Å². The zero-order chi connectivity index (χ0) is 7.49. The molecule has 0 saturated carbocycles. The molecule has 0 aliphatic rings. The van der Waals surface area contributed by atoms with Crippen molar-refractivity contribution >= 4 is 31.9 Å². The van der Waals surface area contributed by atoms with Crippen LogP contribution in [-0.4, -0.2) is 25.0 Å². The van der Waals surface area contributed by atoms with Gasteiger partial charge in [-0.1, -0.05) is 37.9 Å². The van der Waals surface area contributed by atoms with Crippen molar-refractivity contribution in [2.24, 2.45) is 0 Å². The molecule has 9 heavy (non-hydrogen) atoms. The molecule has 3 N–H and O–H groups in total. The van der Waals surface area contributed by atoms with Crippen LogP contribution in [0, 0.1) is 0 Å². The Balaban J connectivity index is 3.71. The van der Waals surface area contributed by atoms with E-state index in [2.05, 4.69) is 31.9 Å². The van der Waals surface area contributed by atoms with Gasteiger partial charge < -0.3 is 15.3 Å². The van der Waals surface area contributed by atoms with E-state index in [0.29, 0.717) is 0 Å². The van der Waals surface area contributed by atoms with Crippen LogP contribution in [0.1, 0.15) is 0 Å². The molecule has 0 radical (unpaired) electrons. The highest BCUT2D eigenvalue weighted by Crippen LogP contribution is 2.10. The highest BCUT2D eigenvalue weighted by Gasteiger charge is 2.11. The van der Waals surface area contributed by atoms with Gasteiger partial charge in [0.25, 0.3) is 5.97 Å². The van der Waals surface area contributed by atoms with E-state index < -0.39 is 5.97 Å². The maximum absolute atomic E-state index is 8.25. The molecule has 0 rings (SSSR count). The fourth-order valence-electron chi connectivity index (χ4n) is 0.202. The Morgan fingerprint density at radius 3 is 1.78 bits per heavy atom. The minimum atomic E-state index is -2.71. The van der Waals surface area contributed by atoms with Crippen LogP contribution in [0.3, 0.4) is 0 Å². The molecular weight excluding hydrogens is 256 g/mol. The van der Waals surface area contributed by atoms with Crippen molar-refractivity contribution in [3.63, 3.8) is 0 Å². The van der Waals surface area contributed by atoms with Gasteiger partial charge in [0, 0.05) is 6.08 Å². The topological polar surface area (TPSA) is 60.7 Å². The number of hydrogen-bond donors (Lipinski definition) is 3. The fraction of sp³-hybridized carbons (Fsp3) is 0.500. The van der Waals surface area contributed by atoms with Crippen LogP contribution < -0.4 is 0 Å². The SMILES string of the molecule is OC(O)(O)C=CC(Br)Br. The summed E-state index contributed by atoms with van der Waals surface area (Å²) in [7, 11) is 0. The standard InChI is InChI=1S/C4H6Br2O3/c5-3(6)1-2-4(7,8)9/h1-3,7-9H. The summed E-state index contributed by atoms with van der Waals surface area (Å²) < 4.78 is -0.171. The summed E-state index contributed by atoms with van der Waals surface area (Å²) in [5.41, 5.74) is 0. The number of aliphatic hydroxyl groups is 3. The molecule has 3 nitrogen and oxygen atoms in total. The maximum Gasteiger partial charge on any atom is 0.297 e. The molecule has 0 aromatic rings. The van der Waals surface area contributed by atoms with Gasteiger partial charge in [-0.2, -0.15) is 0 Å². The van der Waals surface area contributed by atoms with E-state index in [0.717, 1.165) is 6.08 Å². The van der Waals surface area contributed by atoms with E-state index in [-0.39, 0.29) is 3.74 Å². The van der Waals surface area contributed by atoms with Gasteiger partial charge in [0.1, 0.15) is 0 Å². The van der Waals surface area contributed by atoms with Gasteiger partial charge in [0.15, 0.2) is 0 Å². The van der Waals surface area contributed by atoms with Gasteiger partial charge in [-0.15, -0.1) is 0 Å². The molecule has 0 aromatic carbocycles. The Hall–Kier alpha value is 0.580. The first-order chi connectivity index (χ1) is 3.92. The molecule has 0 saturated heterocycles. The Morgan fingerprint density at radius 2 is 1.67 bits per heavy atom. The summed E-state index contributed by atoms with van der Waals surface area (Å²) in [5, 5.41) is 24.7. The number of alkyl halides is 2. The number of hydrogen-bond acceptors (Lipinski definition) is 3. The smallest absolute Gasteiger partial charge is 0.297 e. The average Bonchev–Trinajstić information content (AvgIpc) is 1.59. The fourth-order valence-corrected chi connectivity index (χ4v) is 0.507. The Labute approximate surface area is 69.3 Å². The van der Waals surface area contributed by atoms with E-state index in [1.807, 2.05) is 0 Å². The minimum Gasteiger partial charge on any atom is -0.340 e. The van der Waals surface area contributed by atoms with Crippen LogP contribution in [0.2, 0.25) is 0 Å². The normalized spacial score (nSPS) is 13.6. The molecule has 0 atom stereocenters. The predicted molar refractivity (Wildman–Crippen MR) is 40.2 cm³/mol. The van der Waals surface area contributed by atoms with E-state index in [1.54, 1.807) is 0 Å². The van der Waals surface area contributed by atoms with E-state index >= 15 is 0 Å². The van der Waals surface area contributed by atoms with Crippen molar-refractivity contribution < 1.29 is 15.3 Å². The minimum absolute atomic E-state index is 0.171. The van der Waals surface area contributed by atoms with Crippen molar-refractivity contribution in [2.45, 2.75) is 9.71 Å². The molecule has 0 amide bonds. The monoisotopic (exact) mass is 260 g/mol. The third-order valence-electron chi connectivity index (χ3n) is 0.465. The molecule has 0 heterocycles. The van der Waals surface area contributed by atoms with Crippen molar-refractivity contribution in [1.82, 2.24) is 0 Å². The van der Waals surface area contributed by atoms with Crippen LogP contribution in [0.5, 0.6) is 0 Å². The zero-order valence-electron chi connectivity index (χ0n) is 4.33. The maximum atomic E-state index is 8.25. The third-order valence-corrected chi connectivity index (χ3v) is 1.08. The first kappa shape index (κ1) is 9.58. The summed E-state index contributed by atoms with van der Waals surface area (Å²) in [6.45, 7) is 0. The van der Waals surface area contributed by atoms with E-state index in [1.165, 1.54) is 6.08 Å². The second kappa shape index (κ2) is 3.68. The van der Waals surface area contributed by atoms with Crippen LogP contribution in [0.15, 0.2) is 12.2 Å². The van der Waals surface area contributed by atoms with Gasteiger partial charge in [-0.05, 0) is 0 Å². The van der Waals surface area contributed by atoms with Crippen molar-refractivity contribution in [1.29, 1.82) is 0 Å². The lowest BCUT2D eigenvalue weighted by molar-refractivity contribution is -0.273. The van der Waals surface area contributed by atoms with Crippen LogP contribution >= 0.6 is 31.9 Å². The Bertz CT molecular complexity index is 105. The van der Waals surface area contributed by atoms with E-state index in [4.69, 9.17) is 15.3 Å². The van der Waals surface area contributed by atoms with Crippen molar-refractivity contribution in [2.75, 3.05) is 0 Å². The van der Waals surface area contributed by atoms with Crippen LogP contribution in [0.25, 0.3) is 0 Å². The molecule has 0 bridgehead atoms.